The van der Waals surface area contributed by atoms with E-state index in [1.54, 1.807) is 30.3 Å². The van der Waals surface area contributed by atoms with Crippen LogP contribution in [-0.2, 0) is 9.84 Å². The van der Waals surface area contributed by atoms with Gasteiger partial charge in [-0.25, -0.2) is 8.42 Å². The predicted octanol–water partition coefficient (Wildman–Crippen LogP) is 5.58. The number of sulfone groups is 1. The fraction of sp³-hybridized carbons (Fsp3) is 0.333. The molecule has 0 radical (unpaired) electrons. The number of phenols is 1. The Morgan fingerprint density at radius 1 is 1.03 bits per heavy atom. The van der Waals surface area contributed by atoms with Gasteiger partial charge in [0.25, 0.3) is 0 Å². The minimum absolute atomic E-state index is 0.164. The van der Waals surface area contributed by atoms with Gasteiger partial charge in [-0.1, -0.05) is 37.6 Å². The summed E-state index contributed by atoms with van der Waals surface area (Å²) in [5.74, 6) is 2.50. The van der Waals surface area contributed by atoms with Gasteiger partial charge in [0.2, 0.25) is 0 Å². The third kappa shape index (κ3) is 5.38. The van der Waals surface area contributed by atoms with E-state index >= 15 is 0 Å². The first-order chi connectivity index (χ1) is 17.7. The van der Waals surface area contributed by atoms with Gasteiger partial charge in [0.15, 0.2) is 9.84 Å². The molecule has 3 aromatic carbocycles. The highest BCUT2D eigenvalue weighted by molar-refractivity contribution is 7.90. The maximum atomic E-state index is 12.0. The molecular weight excluding hydrogens is 486 g/mol. The SMILES string of the molecule is CCC1CN(CCOc2ccc(C3Oc4ccc(O)cc4C(C)=C3c3ccc(S(C)(=O)=O)cc3)cc2)C1. The lowest BCUT2D eigenvalue weighted by atomic mass is 9.86. The molecule has 1 N–H and O–H groups in total. The first-order valence-corrected chi connectivity index (χ1v) is 14.6. The first kappa shape index (κ1) is 25.4. The fourth-order valence-corrected chi connectivity index (χ4v) is 5.71. The van der Waals surface area contributed by atoms with Crippen molar-refractivity contribution in [3.8, 4) is 17.2 Å². The minimum Gasteiger partial charge on any atom is -0.508 e. The maximum absolute atomic E-state index is 12.0. The third-order valence-corrected chi connectivity index (χ3v) is 8.47. The molecule has 1 saturated heterocycles. The average Bonchev–Trinajstić information content (AvgIpc) is 2.85. The molecule has 0 aliphatic carbocycles. The van der Waals surface area contributed by atoms with Crippen LogP contribution in [0.25, 0.3) is 11.1 Å². The second-order valence-corrected chi connectivity index (χ2v) is 12.0. The lowest BCUT2D eigenvalue weighted by Crippen LogP contribution is -2.47. The number of likely N-dealkylation sites (tertiary alicyclic amines) is 1. The Bertz CT molecular complexity index is 1410. The molecule has 0 saturated carbocycles. The molecule has 1 fully saturated rings. The van der Waals surface area contributed by atoms with E-state index in [4.69, 9.17) is 9.47 Å². The Kier molecular flexibility index (Phi) is 7.01. The second kappa shape index (κ2) is 10.2. The monoisotopic (exact) mass is 519 g/mol. The van der Waals surface area contributed by atoms with E-state index in [0.717, 1.165) is 59.1 Å². The first-order valence-electron chi connectivity index (χ1n) is 12.7. The lowest BCUT2D eigenvalue weighted by molar-refractivity contribution is 0.0806. The van der Waals surface area contributed by atoms with Crippen molar-refractivity contribution >= 4 is 21.0 Å². The van der Waals surface area contributed by atoms with Gasteiger partial charge in [-0.2, -0.15) is 0 Å². The van der Waals surface area contributed by atoms with E-state index in [-0.39, 0.29) is 10.6 Å². The Labute approximate surface area is 219 Å². The van der Waals surface area contributed by atoms with E-state index in [2.05, 4.69) is 11.8 Å². The van der Waals surface area contributed by atoms with E-state index in [1.807, 2.05) is 43.3 Å². The van der Waals surface area contributed by atoms with Gasteiger partial charge >= 0.3 is 0 Å². The number of allylic oxidation sites excluding steroid dienone is 1. The standard InChI is InChI=1S/C30H33NO5S/c1-4-21-18-31(19-21)15-16-35-25-10-5-23(6-11-25)30-29(22-7-12-26(13-8-22)37(3,33)34)20(2)27-17-24(32)9-14-28(27)36-30/h5-14,17,21,30,32H,4,15-16,18-19H2,1-3H3. The topological polar surface area (TPSA) is 76.1 Å². The molecule has 3 aromatic rings. The average molecular weight is 520 g/mol. The number of rotatable bonds is 8. The van der Waals surface area contributed by atoms with Gasteiger partial charge in [0.1, 0.15) is 30.0 Å². The zero-order valence-electron chi connectivity index (χ0n) is 21.5. The Morgan fingerprint density at radius 3 is 2.38 bits per heavy atom. The summed E-state index contributed by atoms with van der Waals surface area (Å²) in [5, 5.41) is 10.1. The van der Waals surface area contributed by atoms with Gasteiger partial charge < -0.3 is 14.6 Å². The number of hydrogen-bond donors (Lipinski definition) is 1. The van der Waals surface area contributed by atoms with E-state index in [9.17, 15) is 13.5 Å². The number of benzene rings is 3. The summed E-state index contributed by atoms with van der Waals surface area (Å²) in [5.41, 5.74) is 4.53. The second-order valence-electron chi connectivity index (χ2n) is 9.96. The number of phenolic OH excluding ortho intramolecular Hbond substituents is 1. The molecule has 5 rings (SSSR count). The van der Waals surface area contributed by atoms with Crippen molar-refractivity contribution in [2.45, 2.75) is 31.3 Å². The molecule has 37 heavy (non-hydrogen) atoms. The molecule has 2 heterocycles. The van der Waals surface area contributed by atoms with Gasteiger partial charge in [0, 0.05) is 37.0 Å². The molecule has 0 amide bonds. The zero-order valence-corrected chi connectivity index (χ0v) is 22.3. The predicted molar refractivity (Wildman–Crippen MR) is 146 cm³/mol. The summed E-state index contributed by atoms with van der Waals surface area (Å²) in [7, 11) is -3.30. The molecule has 2 aliphatic rings. The fourth-order valence-electron chi connectivity index (χ4n) is 5.07. The van der Waals surface area contributed by atoms with Crippen molar-refractivity contribution in [1.82, 2.24) is 4.90 Å². The summed E-state index contributed by atoms with van der Waals surface area (Å²) in [4.78, 5) is 2.69. The number of nitrogens with zero attached hydrogens (tertiary/aromatic N) is 1. The largest absolute Gasteiger partial charge is 0.508 e. The van der Waals surface area contributed by atoms with Crippen LogP contribution in [0, 0.1) is 5.92 Å². The highest BCUT2D eigenvalue weighted by atomic mass is 32.2. The quantitative estimate of drug-likeness (QED) is 0.419. The van der Waals surface area contributed by atoms with Crippen LogP contribution in [0.4, 0.5) is 0 Å². The molecule has 0 bridgehead atoms. The van der Waals surface area contributed by atoms with Crippen molar-refractivity contribution < 1.29 is 23.0 Å². The summed E-state index contributed by atoms with van der Waals surface area (Å²) in [6, 6.07) is 19.9. The smallest absolute Gasteiger partial charge is 0.175 e. The van der Waals surface area contributed by atoms with Gasteiger partial charge in [0.05, 0.1) is 4.90 Å². The van der Waals surface area contributed by atoms with Crippen LogP contribution in [0.15, 0.2) is 71.6 Å². The Balaban J connectivity index is 1.40. The normalized spacial score (nSPS) is 18.2. The van der Waals surface area contributed by atoms with Crippen LogP contribution in [0.2, 0.25) is 0 Å². The van der Waals surface area contributed by atoms with E-state index in [1.165, 1.54) is 12.7 Å². The molecule has 1 unspecified atom stereocenters. The van der Waals surface area contributed by atoms with Crippen LogP contribution < -0.4 is 9.47 Å². The number of aromatic hydroxyl groups is 1. The molecule has 2 aliphatic heterocycles. The van der Waals surface area contributed by atoms with Crippen molar-refractivity contribution in [3.05, 3.63) is 83.4 Å². The number of hydrogen-bond acceptors (Lipinski definition) is 6. The van der Waals surface area contributed by atoms with Crippen molar-refractivity contribution in [2.75, 3.05) is 32.5 Å². The van der Waals surface area contributed by atoms with E-state index in [0.29, 0.717) is 12.4 Å². The summed E-state index contributed by atoms with van der Waals surface area (Å²) >= 11 is 0. The van der Waals surface area contributed by atoms with Crippen LogP contribution in [0.1, 0.15) is 43.1 Å². The highest BCUT2D eigenvalue weighted by Gasteiger charge is 2.30. The molecule has 6 nitrogen and oxygen atoms in total. The molecule has 0 spiro atoms. The van der Waals surface area contributed by atoms with Crippen molar-refractivity contribution in [3.63, 3.8) is 0 Å². The van der Waals surface area contributed by atoms with Gasteiger partial charge in [-0.15, -0.1) is 0 Å². The number of fused-ring (bicyclic) bond motifs is 1. The van der Waals surface area contributed by atoms with Crippen LogP contribution in [0.3, 0.4) is 0 Å². The molecule has 1 atom stereocenters. The van der Waals surface area contributed by atoms with Gasteiger partial charge in [-0.3, -0.25) is 4.90 Å². The van der Waals surface area contributed by atoms with E-state index < -0.39 is 15.9 Å². The molecule has 194 valence electrons. The Hall–Kier alpha value is -3.29. The van der Waals surface area contributed by atoms with Crippen LogP contribution in [-0.4, -0.2) is 50.9 Å². The van der Waals surface area contributed by atoms with Crippen molar-refractivity contribution in [2.24, 2.45) is 5.92 Å². The highest BCUT2D eigenvalue weighted by Crippen LogP contribution is 2.47. The molecule has 7 heteroatoms. The Morgan fingerprint density at radius 2 is 1.73 bits per heavy atom. The number of ether oxygens (including phenoxy) is 2. The summed E-state index contributed by atoms with van der Waals surface area (Å²) in [6.45, 7) is 8.16. The van der Waals surface area contributed by atoms with Crippen molar-refractivity contribution in [1.29, 1.82) is 0 Å². The van der Waals surface area contributed by atoms with Gasteiger partial charge in [-0.05, 0) is 72.0 Å². The zero-order chi connectivity index (χ0) is 26.2. The summed E-state index contributed by atoms with van der Waals surface area (Å²) in [6.07, 6.45) is 2.04. The molecule has 0 aromatic heterocycles. The summed E-state index contributed by atoms with van der Waals surface area (Å²) < 4.78 is 36.4. The maximum Gasteiger partial charge on any atom is 0.175 e. The lowest BCUT2D eigenvalue weighted by Gasteiger charge is -2.38. The minimum atomic E-state index is -3.30. The van der Waals surface area contributed by atoms with Crippen LogP contribution >= 0.6 is 0 Å². The van der Waals surface area contributed by atoms with Crippen LogP contribution in [0.5, 0.6) is 17.2 Å². The third-order valence-electron chi connectivity index (χ3n) is 7.34. The molecular formula is C30H33NO5S.